The van der Waals surface area contributed by atoms with Gasteiger partial charge in [0.25, 0.3) is 0 Å². The van der Waals surface area contributed by atoms with Crippen molar-refractivity contribution in [3.05, 3.63) is 47.5 Å². The Bertz CT molecular complexity index is 778. The molecule has 1 fully saturated rings. The fourth-order valence-corrected chi connectivity index (χ4v) is 3.84. The summed E-state index contributed by atoms with van der Waals surface area (Å²) in [6.07, 6.45) is 0. The standard InChI is InChI=1S/C21H26N2O4/c1-24-18-6-4-3-5-16(18)17-13-22-7-8-23(17)14-15-11-19(25-2)21-20(12-15)26-9-10-27-21/h3-6,11-12,17,22H,7-10,13-14H2,1-2H3. The number of nitrogens with zero attached hydrogens (tertiary/aromatic N) is 1. The summed E-state index contributed by atoms with van der Waals surface area (Å²) in [5.41, 5.74) is 2.36. The third kappa shape index (κ3) is 3.68. The highest BCUT2D eigenvalue weighted by atomic mass is 16.6. The molecule has 0 amide bonds. The molecule has 0 spiro atoms. The molecule has 144 valence electrons. The third-order valence-electron chi connectivity index (χ3n) is 5.13. The lowest BCUT2D eigenvalue weighted by atomic mass is 10.0. The maximum atomic E-state index is 5.79. The Labute approximate surface area is 160 Å². The molecule has 2 heterocycles. The average Bonchev–Trinajstić information content (AvgIpc) is 2.73. The van der Waals surface area contributed by atoms with E-state index >= 15 is 0 Å². The topological polar surface area (TPSA) is 52.2 Å². The highest BCUT2D eigenvalue weighted by Gasteiger charge is 2.27. The fourth-order valence-electron chi connectivity index (χ4n) is 3.84. The number of nitrogens with one attached hydrogen (secondary N) is 1. The number of benzene rings is 2. The summed E-state index contributed by atoms with van der Waals surface area (Å²) in [6, 6.07) is 12.6. The van der Waals surface area contributed by atoms with E-state index in [0.717, 1.165) is 49.0 Å². The van der Waals surface area contributed by atoms with E-state index in [1.807, 2.05) is 12.1 Å². The van der Waals surface area contributed by atoms with Gasteiger partial charge in [-0.1, -0.05) is 18.2 Å². The van der Waals surface area contributed by atoms with Crippen molar-refractivity contribution >= 4 is 0 Å². The summed E-state index contributed by atoms with van der Waals surface area (Å²) in [6.45, 7) is 4.74. The van der Waals surface area contributed by atoms with E-state index in [1.54, 1.807) is 14.2 Å². The van der Waals surface area contributed by atoms with Crippen LogP contribution in [0.4, 0.5) is 0 Å². The average molecular weight is 370 g/mol. The van der Waals surface area contributed by atoms with Crippen molar-refractivity contribution < 1.29 is 18.9 Å². The molecular formula is C21H26N2O4. The summed E-state index contributed by atoms with van der Waals surface area (Å²) < 4.78 is 22.6. The molecule has 6 heteroatoms. The van der Waals surface area contributed by atoms with Crippen LogP contribution in [-0.4, -0.2) is 52.0 Å². The first-order chi connectivity index (χ1) is 13.3. The Morgan fingerprint density at radius 2 is 1.89 bits per heavy atom. The molecule has 2 aliphatic heterocycles. The van der Waals surface area contributed by atoms with Crippen molar-refractivity contribution in [3.63, 3.8) is 0 Å². The lowest BCUT2D eigenvalue weighted by molar-refractivity contribution is 0.148. The third-order valence-corrected chi connectivity index (χ3v) is 5.13. The van der Waals surface area contributed by atoms with E-state index in [4.69, 9.17) is 18.9 Å². The van der Waals surface area contributed by atoms with Gasteiger partial charge in [0.1, 0.15) is 19.0 Å². The molecule has 1 unspecified atom stereocenters. The Morgan fingerprint density at radius 3 is 2.74 bits per heavy atom. The van der Waals surface area contributed by atoms with E-state index in [9.17, 15) is 0 Å². The highest BCUT2D eigenvalue weighted by Crippen LogP contribution is 2.41. The lowest BCUT2D eigenvalue weighted by Gasteiger charge is -2.37. The predicted molar refractivity (Wildman–Crippen MR) is 103 cm³/mol. The summed E-state index contributed by atoms with van der Waals surface area (Å²) in [4.78, 5) is 2.47. The summed E-state index contributed by atoms with van der Waals surface area (Å²) in [5, 5.41) is 3.51. The zero-order valence-corrected chi connectivity index (χ0v) is 15.9. The normalized spacial score (nSPS) is 19.6. The lowest BCUT2D eigenvalue weighted by Crippen LogP contribution is -2.45. The second-order valence-corrected chi connectivity index (χ2v) is 6.75. The smallest absolute Gasteiger partial charge is 0.203 e. The summed E-state index contributed by atoms with van der Waals surface area (Å²) in [7, 11) is 3.39. The van der Waals surface area contributed by atoms with Gasteiger partial charge in [-0.25, -0.2) is 0 Å². The van der Waals surface area contributed by atoms with Gasteiger partial charge >= 0.3 is 0 Å². The van der Waals surface area contributed by atoms with Crippen LogP contribution in [0.25, 0.3) is 0 Å². The van der Waals surface area contributed by atoms with Crippen LogP contribution in [0, 0.1) is 0 Å². The first-order valence-electron chi connectivity index (χ1n) is 9.34. The van der Waals surface area contributed by atoms with Crippen molar-refractivity contribution in [3.8, 4) is 23.0 Å². The quantitative estimate of drug-likeness (QED) is 0.873. The first kappa shape index (κ1) is 17.9. The number of piperazine rings is 1. The van der Waals surface area contributed by atoms with Crippen LogP contribution in [0.15, 0.2) is 36.4 Å². The number of ether oxygens (including phenoxy) is 4. The van der Waals surface area contributed by atoms with Gasteiger partial charge in [0.15, 0.2) is 11.5 Å². The summed E-state index contributed by atoms with van der Waals surface area (Å²) in [5.74, 6) is 3.12. The number of rotatable bonds is 5. The van der Waals surface area contributed by atoms with Gasteiger partial charge in [0.05, 0.1) is 20.3 Å². The minimum atomic E-state index is 0.245. The van der Waals surface area contributed by atoms with Crippen LogP contribution in [-0.2, 0) is 6.54 Å². The van der Waals surface area contributed by atoms with E-state index in [1.165, 1.54) is 5.56 Å². The van der Waals surface area contributed by atoms with E-state index in [0.29, 0.717) is 19.0 Å². The Balaban J connectivity index is 1.62. The minimum Gasteiger partial charge on any atom is -0.496 e. The Morgan fingerprint density at radius 1 is 1.07 bits per heavy atom. The molecule has 2 aromatic carbocycles. The van der Waals surface area contributed by atoms with Crippen molar-refractivity contribution in [1.82, 2.24) is 10.2 Å². The van der Waals surface area contributed by atoms with Gasteiger partial charge in [-0.15, -0.1) is 0 Å². The van der Waals surface area contributed by atoms with E-state index in [2.05, 4.69) is 34.5 Å². The molecule has 0 aromatic heterocycles. The molecule has 4 rings (SSSR count). The molecule has 1 saturated heterocycles. The second-order valence-electron chi connectivity index (χ2n) is 6.75. The van der Waals surface area contributed by atoms with Gasteiger partial charge in [-0.05, 0) is 23.8 Å². The maximum absolute atomic E-state index is 5.79. The molecule has 2 aromatic rings. The van der Waals surface area contributed by atoms with Crippen LogP contribution in [0.5, 0.6) is 23.0 Å². The Hall–Kier alpha value is -2.44. The SMILES string of the molecule is COc1ccccc1C1CNCCN1Cc1cc(OC)c2c(c1)OCCO2. The number of fused-ring (bicyclic) bond motifs is 1. The highest BCUT2D eigenvalue weighted by molar-refractivity contribution is 5.54. The monoisotopic (exact) mass is 370 g/mol. The van der Waals surface area contributed by atoms with Crippen LogP contribution in [0.2, 0.25) is 0 Å². The van der Waals surface area contributed by atoms with Gasteiger partial charge in [0.2, 0.25) is 5.75 Å². The number of methoxy groups -OCH3 is 2. The molecular weight excluding hydrogens is 344 g/mol. The van der Waals surface area contributed by atoms with Crippen LogP contribution in [0.1, 0.15) is 17.2 Å². The van der Waals surface area contributed by atoms with Crippen molar-refractivity contribution in [1.29, 1.82) is 0 Å². The predicted octanol–water partition coefficient (Wildman–Crippen LogP) is 2.62. The number of hydrogen-bond donors (Lipinski definition) is 1. The van der Waals surface area contributed by atoms with Gasteiger partial charge < -0.3 is 24.3 Å². The molecule has 0 bridgehead atoms. The fraction of sp³-hybridized carbons (Fsp3) is 0.429. The van der Waals surface area contributed by atoms with Crippen molar-refractivity contribution in [2.45, 2.75) is 12.6 Å². The van der Waals surface area contributed by atoms with Crippen LogP contribution < -0.4 is 24.3 Å². The Kier molecular flexibility index (Phi) is 5.36. The van der Waals surface area contributed by atoms with Crippen LogP contribution in [0.3, 0.4) is 0 Å². The van der Waals surface area contributed by atoms with Crippen molar-refractivity contribution in [2.75, 3.05) is 47.1 Å². The zero-order valence-electron chi connectivity index (χ0n) is 15.9. The van der Waals surface area contributed by atoms with Gasteiger partial charge in [-0.2, -0.15) is 0 Å². The second kappa shape index (κ2) is 8.06. The van der Waals surface area contributed by atoms with E-state index < -0.39 is 0 Å². The molecule has 0 aliphatic carbocycles. The minimum absolute atomic E-state index is 0.245. The largest absolute Gasteiger partial charge is 0.496 e. The van der Waals surface area contributed by atoms with Crippen LogP contribution >= 0.6 is 0 Å². The molecule has 1 N–H and O–H groups in total. The van der Waals surface area contributed by atoms with Gasteiger partial charge in [-0.3, -0.25) is 4.90 Å². The van der Waals surface area contributed by atoms with E-state index in [-0.39, 0.29) is 6.04 Å². The molecule has 1 atom stereocenters. The van der Waals surface area contributed by atoms with Crippen molar-refractivity contribution in [2.24, 2.45) is 0 Å². The zero-order chi connectivity index (χ0) is 18.6. The first-order valence-corrected chi connectivity index (χ1v) is 9.34. The number of para-hydroxylation sites is 1. The molecule has 2 aliphatic rings. The number of hydrogen-bond acceptors (Lipinski definition) is 6. The summed E-state index contributed by atoms with van der Waals surface area (Å²) >= 11 is 0. The molecule has 0 radical (unpaired) electrons. The van der Waals surface area contributed by atoms with Gasteiger partial charge in [0, 0.05) is 31.7 Å². The molecule has 27 heavy (non-hydrogen) atoms. The molecule has 6 nitrogen and oxygen atoms in total. The molecule has 0 saturated carbocycles. The maximum Gasteiger partial charge on any atom is 0.203 e.